The van der Waals surface area contributed by atoms with Gasteiger partial charge in [-0.05, 0) is 18.9 Å². The van der Waals surface area contributed by atoms with Gasteiger partial charge in [0.15, 0.2) is 0 Å². The molecule has 0 unspecified atom stereocenters. The molecule has 0 aromatic heterocycles. The van der Waals surface area contributed by atoms with Crippen molar-refractivity contribution in [1.82, 2.24) is 13.9 Å². The van der Waals surface area contributed by atoms with E-state index in [1.165, 1.54) is 0 Å². The Balaban J connectivity index is 2.51. The fourth-order valence-corrected chi connectivity index (χ4v) is 3.38. The topological polar surface area (TPSA) is 78.7 Å². The van der Waals surface area contributed by atoms with Crippen LogP contribution in [0.15, 0.2) is 0 Å². The molecule has 1 saturated heterocycles. The summed E-state index contributed by atoms with van der Waals surface area (Å²) >= 11 is 0. The second-order valence-electron chi connectivity index (χ2n) is 5.13. The minimum absolute atomic E-state index is 0.320. The molecule has 0 aromatic rings. The van der Waals surface area contributed by atoms with Gasteiger partial charge in [0, 0.05) is 39.3 Å². The molecule has 1 heterocycles. The molecule has 0 bridgehead atoms. The van der Waals surface area contributed by atoms with Gasteiger partial charge in [-0.3, -0.25) is 0 Å². The third-order valence-electron chi connectivity index (χ3n) is 3.01. The highest BCUT2D eigenvalue weighted by atomic mass is 32.2. The summed E-state index contributed by atoms with van der Waals surface area (Å²) < 4.78 is 28.4. The minimum Gasteiger partial charge on any atom is -0.329 e. The molecule has 6 nitrogen and oxygen atoms in total. The van der Waals surface area contributed by atoms with E-state index < -0.39 is 10.2 Å². The lowest BCUT2D eigenvalue weighted by Gasteiger charge is -2.22. The molecule has 7 heteroatoms. The SMILES string of the molecule is CC(C)CNS(=O)(=O)N1CCCN(CCN)CC1. The highest BCUT2D eigenvalue weighted by molar-refractivity contribution is 7.87. The normalized spacial score (nSPS) is 20.2. The zero-order valence-electron chi connectivity index (χ0n) is 11.4. The van der Waals surface area contributed by atoms with Gasteiger partial charge in [-0.1, -0.05) is 13.8 Å². The Morgan fingerprint density at radius 2 is 1.94 bits per heavy atom. The lowest BCUT2D eigenvalue weighted by molar-refractivity contribution is 0.294. The first kappa shape index (κ1) is 15.8. The van der Waals surface area contributed by atoms with Crippen LogP contribution in [0.4, 0.5) is 0 Å². The van der Waals surface area contributed by atoms with E-state index in [1.54, 1.807) is 4.31 Å². The summed E-state index contributed by atoms with van der Waals surface area (Å²) in [5.74, 6) is 0.320. The molecule has 1 aliphatic heterocycles. The van der Waals surface area contributed by atoms with Crippen molar-refractivity contribution in [1.29, 1.82) is 0 Å². The Bertz CT molecular complexity index is 332. The average Bonchev–Trinajstić information content (AvgIpc) is 2.53. The molecule has 3 N–H and O–H groups in total. The van der Waals surface area contributed by atoms with Gasteiger partial charge in [0.2, 0.25) is 0 Å². The first-order valence-electron chi connectivity index (χ1n) is 6.63. The van der Waals surface area contributed by atoms with E-state index in [9.17, 15) is 8.42 Å². The summed E-state index contributed by atoms with van der Waals surface area (Å²) in [6.45, 7) is 8.77. The third-order valence-corrected chi connectivity index (χ3v) is 4.58. The van der Waals surface area contributed by atoms with Crippen molar-refractivity contribution in [2.45, 2.75) is 20.3 Å². The maximum atomic E-state index is 12.1. The maximum absolute atomic E-state index is 12.1. The van der Waals surface area contributed by atoms with Crippen LogP contribution in [0.3, 0.4) is 0 Å². The Labute approximate surface area is 111 Å². The standard InChI is InChI=1S/C11H26N4O2S/c1-11(2)10-13-18(16,17)15-6-3-5-14(7-4-12)8-9-15/h11,13H,3-10,12H2,1-2H3. The zero-order valence-corrected chi connectivity index (χ0v) is 12.2. The summed E-state index contributed by atoms with van der Waals surface area (Å²) in [6, 6.07) is 0. The predicted octanol–water partition coefficient (Wildman–Crippen LogP) is -0.557. The maximum Gasteiger partial charge on any atom is 0.279 e. The molecule has 108 valence electrons. The van der Waals surface area contributed by atoms with E-state index in [1.807, 2.05) is 13.8 Å². The van der Waals surface area contributed by atoms with Crippen LogP contribution < -0.4 is 10.5 Å². The first-order valence-corrected chi connectivity index (χ1v) is 8.07. The Morgan fingerprint density at radius 3 is 2.56 bits per heavy atom. The van der Waals surface area contributed by atoms with Crippen molar-refractivity contribution in [3.05, 3.63) is 0 Å². The van der Waals surface area contributed by atoms with Gasteiger partial charge in [-0.15, -0.1) is 0 Å². The van der Waals surface area contributed by atoms with Crippen LogP contribution in [-0.4, -0.2) is 63.4 Å². The van der Waals surface area contributed by atoms with Crippen LogP contribution in [0.25, 0.3) is 0 Å². The minimum atomic E-state index is -3.31. The summed E-state index contributed by atoms with van der Waals surface area (Å²) in [5, 5.41) is 0. The van der Waals surface area contributed by atoms with Crippen molar-refractivity contribution in [2.24, 2.45) is 11.7 Å². The molecule has 0 aliphatic carbocycles. The van der Waals surface area contributed by atoms with Gasteiger partial charge in [0.25, 0.3) is 10.2 Å². The summed E-state index contributed by atoms with van der Waals surface area (Å²) in [6.07, 6.45) is 0.864. The largest absolute Gasteiger partial charge is 0.329 e. The Kier molecular flexibility index (Phi) is 6.51. The van der Waals surface area contributed by atoms with Crippen LogP contribution in [-0.2, 0) is 10.2 Å². The molecule has 0 atom stereocenters. The highest BCUT2D eigenvalue weighted by Gasteiger charge is 2.24. The number of nitrogens with one attached hydrogen (secondary N) is 1. The number of nitrogens with two attached hydrogens (primary N) is 1. The van der Waals surface area contributed by atoms with Crippen molar-refractivity contribution < 1.29 is 8.42 Å². The lowest BCUT2D eigenvalue weighted by Crippen LogP contribution is -2.44. The average molecular weight is 278 g/mol. The van der Waals surface area contributed by atoms with Crippen molar-refractivity contribution in [3.8, 4) is 0 Å². The summed E-state index contributed by atoms with van der Waals surface area (Å²) in [7, 11) is -3.31. The van der Waals surface area contributed by atoms with Crippen LogP contribution in [0.2, 0.25) is 0 Å². The Morgan fingerprint density at radius 1 is 1.22 bits per heavy atom. The second-order valence-corrected chi connectivity index (χ2v) is 6.89. The molecular weight excluding hydrogens is 252 g/mol. The monoisotopic (exact) mass is 278 g/mol. The van der Waals surface area contributed by atoms with Gasteiger partial charge in [-0.25, -0.2) is 4.72 Å². The van der Waals surface area contributed by atoms with E-state index in [2.05, 4.69) is 9.62 Å². The van der Waals surface area contributed by atoms with Gasteiger partial charge in [0.05, 0.1) is 0 Å². The highest BCUT2D eigenvalue weighted by Crippen LogP contribution is 2.07. The molecule has 0 aromatic carbocycles. The van der Waals surface area contributed by atoms with E-state index >= 15 is 0 Å². The molecule has 0 spiro atoms. The van der Waals surface area contributed by atoms with Gasteiger partial charge >= 0.3 is 0 Å². The fourth-order valence-electron chi connectivity index (χ4n) is 1.96. The molecule has 0 radical (unpaired) electrons. The summed E-state index contributed by atoms with van der Waals surface area (Å²) in [5.41, 5.74) is 5.53. The predicted molar refractivity (Wildman–Crippen MR) is 73.4 cm³/mol. The molecular formula is C11H26N4O2S. The smallest absolute Gasteiger partial charge is 0.279 e. The van der Waals surface area contributed by atoms with Crippen LogP contribution in [0, 0.1) is 5.92 Å². The lowest BCUT2D eigenvalue weighted by atomic mass is 10.2. The quantitative estimate of drug-likeness (QED) is 0.683. The van der Waals surface area contributed by atoms with Gasteiger partial charge in [-0.2, -0.15) is 12.7 Å². The summed E-state index contributed by atoms with van der Waals surface area (Å²) in [4.78, 5) is 2.22. The fraction of sp³-hybridized carbons (Fsp3) is 1.00. The van der Waals surface area contributed by atoms with Crippen LogP contribution in [0.5, 0.6) is 0 Å². The number of rotatable bonds is 6. The number of nitrogens with zero attached hydrogens (tertiary/aromatic N) is 2. The van der Waals surface area contributed by atoms with Gasteiger partial charge in [0.1, 0.15) is 0 Å². The van der Waals surface area contributed by atoms with E-state index in [0.29, 0.717) is 32.1 Å². The molecule has 18 heavy (non-hydrogen) atoms. The molecule has 0 amide bonds. The zero-order chi connectivity index (χ0) is 13.6. The van der Waals surface area contributed by atoms with E-state index in [4.69, 9.17) is 5.73 Å². The first-order chi connectivity index (χ1) is 8.45. The van der Waals surface area contributed by atoms with Crippen molar-refractivity contribution >= 4 is 10.2 Å². The third kappa shape index (κ3) is 5.19. The second kappa shape index (κ2) is 7.40. The van der Waals surface area contributed by atoms with Crippen LogP contribution >= 0.6 is 0 Å². The molecule has 1 aliphatic rings. The van der Waals surface area contributed by atoms with Crippen molar-refractivity contribution in [2.75, 3.05) is 45.8 Å². The number of hydrogen-bond donors (Lipinski definition) is 2. The van der Waals surface area contributed by atoms with E-state index in [-0.39, 0.29) is 0 Å². The molecule has 1 rings (SSSR count). The van der Waals surface area contributed by atoms with Crippen LogP contribution in [0.1, 0.15) is 20.3 Å². The van der Waals surface area contributed by atoms with E-state index in [0.717, 1.165) is 26.1 Å². The Hall–Kier alpha value is -0.210. The molecule has 0 saturated carbocycles. The molecule has 1 fully saturated rings. The van der Waals surface area contributed by atoms with Crippen molar-refractivity contribution in [3.63, 3.8) is 0 Å². The van der Waals surface area contributed by atoms with Gasteiger partial charge < -0.3 is 10.6 Å². The number of hydrogen-bond acceptors (Lipinski definition) is 4.